The molecule has 132 valence electrons. The van der Waals surface area contributed by atoms with Gasteiger partial charge in [-0.3, -0.25) is 4.79 Å². The Balaban J connectivity index is 2.18. The van der Waals surface area contributed by atoms with E-state index in [0.29, 0.717) is 24.5 Å². The van der Waals surface area contributed by atoms with E-state index < -0.39 is 5.97 Å². The summed E-state index contributed by atoms with van der Waals surface area (Å²) in [5, 5.41) is 19.4. The van der Waals surface area contributed by atoms with Gasteiger partial charge in [0.2, 0.25) is 0 Å². The Morgan fingerprint density at radius 1 is 1.36 bits per heavy atom. The third-order valence-corrected chi connectivity index (χ3v) is 4.73. The lowest BCUT2D eigenvalue weighted by Crippen LogP contribution is -2.30. The van der Waals surface area contributed by atoms with E-state index in [-0.39, 0.29) is 17.6 Å². The van der Waals surface area contributed by atoms with Gasteiger partial charge in [0.15, 0.2) is 0 Å². The number of anilines is 2. The molecule has 0 aliphatic heterocycles. The number of phenols is 1. The summed E-state index contributed by atoms with van der Waals surface area (Å²) in [6, 6.07) is 3.45. The van der Waals surface area contributed by atoms with E-state index >= 15 is 0 Å². The average molecular weight is 342 g/mol. The Kier molecular flexibility index (Phi) is 4.02. The van der Waals surface area contributed by atoms with E-state index in [4.69, 9.17) is 10.8 Å². The molecule has 0 amide bonds. The van der Waals surface area contributed by atoms with Gasteiger partial charge in [-0.25, -0.2) is 9.97 Å². The maximum atomic E-state index is 10.9. The molecule has 0 radical (unpaired) electrons. The standard InChI is InChI=1S/C18H22N4O3/c1-18(2)8-11-10(15-14(18)17(19)21-9-20-15)4-5-12(23)16(11)22(3)7-6-13(24)25/h4-5,9,23H,6-8H2,1-3H3,(H,24,25)(H2,19,20,21). The lowest BCUT2D eigenvalue weighted by Gasteiger charge is -2.36. The van der Waals surface area contributed by atoms with Gasteiger partial charge in [-0.15, -0.1) is 0 Å². The number of rotatable bonds is 4. The van der Waals surface area contributed by atoms with Crippen molar-refractivity contribution < 1.29 is 15.0 Å². The number of aliphatic carboxylic acids is 1. The van der Waals surface area contributed by atoms with E-state index in [9.17, 15) is 9.90 Å². The van der Waals surface area contributed by atoms with Crippen molar-refractivity contribution in [2.24, 2.45) is 0 Å². The Bertz CT molecular complexity index is 848. The van der Waals surface area contributed by atoms with Crippen LogP contribution in [0.2, 0.25) is 0 Å². The third-order valence-electron chi connectivity index (χ3n) is 4.73. The first-order valence-corrected chi connectivity index (χ1v) is 8.11. The average Bonchev–Trinajstić information content (AvgIpc) is 2.51. The van der Waals surface area contributed by atoms with Crippen molar-refractivity contribution in [3.63, 3.8) is 0 Å². The van der Waals surface area contributed by atoms with E-state index in [1.54, 1.807) is 18.0 Å². The van der Waals surface area contributed by atoms with Crippen molar-refractivity contribution in [2.45, 2.75) is 32.1 Å². The number of hydrogen-bond acceptors (Lipinski definition) is 6. The van der Waals surface area contributed by atoms with Crippen LogP contribution >= 0.6 is 0 Å². The summed E-state index contributed by atoms with van der Waals surface area (Å²) in [6.07, 6.45) is 2.09. The van der Waals surface area contributed by atoms with Crippen LogP contribution in [0, 0.1) is 0 Å². The molecule has 0 atom stereocenters. The lowest BCUT2D eigenvalue weighted by molar-refractivity contribution is -0.136. The van der Waals surface area contributed by atoms with E-state index in [1.807, 2.05) is 6.07 Å². The molecule has 7 nitrogen and oxygen atoms in total. The molecule has 1 aromatic heterocycles. The van der Waals surface area contributed by atoms with Crippen molar-refractivity contribution >= 4 is 17.5 Å². The van der Waals surface area contributed by atoms with E-state index in [0.717, 1.165) is 22.4 Å². The number of carbonyl (C=O) groups is 1. The van der Waals surface area contributed by atoms with Crippen LogP contribution in [0.25, 0.3) is 11.3 Å². The first-order valence-electron chi connectivity index (χ1n) is 8.11. The molecule has 0 bridgehead atoms. The molecule has 0 fully saturated rings. The number of fused-ring (bicyclic) bond motifs is 3. The molecule has 1 heterocycles. The molecule has 4 N–H and O–H groups in total. The highest BCUT2D eigenvalue weighted by molar-refractivity contribution is 5.83. The van der Waals surface area contributed by atoms with Crippen molar-refractivity contribution in [1.82, 2.24) is 9.97 Å². The fraction of sp³-hybridized carbons (Fsp3) is 0.389. The smallest absolute Gasteiger partial charge is 0.305 e. The summed E-state index contributed by atoms with van der Waals surface area (Å²) < 4.78 is 0. The zero-order valence-corrected chi connectivity index (χ0v) is 14.6. The molecule has 0 saturated heterocycles. The van der Waals surface area contributed by atoms with Crippen LogP contribution in [0.1, 0.15) is 31.4 Å². The summed E-state index contributed by atoms with van der Waals surface area (Å²) in [7, 11) is 1.79. The minimum atomic E-state index is -0.873. The molecule has 0 saturated carbocycles. The molecule has 7 heteroatoms. The number of hydrogen-bond donors (Lipinski definition) is 3. The quantitative estimate of drug-likeness (QED) is 0.780. The molecule has 2 aromatic rings. The van der Waals surface area contributed by atoms with Crippen LogP contribution < -0.4 is 10.6 Å². The van der Waals surface area contributed by atoms with Crippen molar-refractivity contribution in [3.05, 3.63) is 29.6 Å². The molecule has 3 rings (SSSR count). The van der Waals surface area contributed by atoms with Gasteiger partial charge in [0.05, 0.1) is 17.8 Å². The number of aromatic hydroxyl groups is 1. The minimum Gasteiger partial charge on any atom is -0.506 e. The summed E-state index contributed by atoms with van der Waals surface area (Å²) in [6.45, 7) is 4.44. The monoisotopic (exact) mass is 342 g/mol. The fourth-order valence-electron chi connectivity index (χ4n) is 3.63. The normalized spacial score (nSPS) is 14.5. The SMILES string of the molecule is CN(CCC(=O)O)c1c(O)ccc2c1CC(C)(C)c1c(N)ncnc1-2. The molecule has 0 spiro atoms. The van der Waals surface area contributed by atoms with Gasteiger partial charge in [-0.2, -0.15) is 0 Å². The van der Waals surface area contributed by atoms with Crippen molar-refractivity contribution in [3.8, 4) is 17.0 Å². The van der Waals surface area contributed by atoms with Crippen LogP contribution in [0.3, 0.4) is 0 Å². The van der Waals surface area contributed by atoms with Gasteiger partial charge < -0.3 is 20.8 Å². The first kappa shape index (κ1) is 17.0. The third kappa shape index (κ3) is 2.86. The predicted molar refractivity (Wildman–Crippen MR) is 95.8 cm³/mol. The summed E-state index contributed by atoms with van der Waals surface area (Å²) >= 11 is 0. The zero-order chi connectivity index (χ0) is 18.4. The molecule has 1 aliphatic carbocycles. The maximum Gasteiger partial charge on any atom is 0.305 e. The summed E-state index contributed by atoms with van der Waals surface area (Å²) in [5.41, 5.74) is 9.98. The topological polar surface area (TPSA) is 113 Å². The van der Waals surface area contributed by atoms with Gasteiger partial charge in [-0.05, 0) is 29.5 Å². The maximum absolute atomic E-state index is 10.9. The number of aromatic nitrogens is 2. The molecular formula is C18H22N4O3. The highest BCUT2D eigenvalue weighted by atomic mass is 16.4. The minimum absolute atomic E-state index is 0.00525. The van der Waals surface area contributed by atoms with Gasteiger partial charge in [0.25, 0.3) is 0 Å². The number of phenolic OH excluding ortho intramolecular Hbond substituents is 1. The van der Waals surface area contributed by atoms with Crippen LogP contribution in [-0.2, 0) is 16.6 Å². The summed E-state index contributed by atoms with van der Waals surface area (Å²) in [4.78, 5) is 21.2. The number of nitrogens with zero attached hydrogens (tertiary/aromatic N) is 3. The fourth-order valence-corrected chi connectivity index (χ4v) is 3.63. The second kappa shape index (κ2) is 5.91. The first-order chi connectivity index (χ1) is 11.7. The second-order valence-electron chi connectivity index (χ2n) is 7.07. The Labute approximate surface area is 146 Å². The molecule has 1 aromatic carbocycles. The second-order valence-corrected chi connectivity index (χ2v) is 7.07. The number of carboxylic acids is 1. The Morgan fingerprint density at radius 2 is 2.08 bits per heavy atom. The Hall–Kier alpha value is -2.83. The van der Waals surface area contributed by atoms with Crippen molar-refractivity contribution in [1.29, 1.82) is 0 Å². The molecule has 25 heavy (non-hydrogen) atoms. The lowest BCUT2D eigenvalue weighted by atomic mass is 9.71. The highest BCUT2D eigenvalue weighted by Gasteiger charge is 2.36. The van der Waals surface area contributed by atoms with Crippen LogP contribution in [0.15, 0.2) is 18.5 Å². The van der Waals surface area contributed by atoms with Crippen LogP contribution in [-0.4, -0.2) is 39.7 Å². The van der Waals surface area contributed by atoms with Crippen molar-refractivity contribution in [2.75, 3.05) is 24.2 Å². The van der Waals surface area contributed by atoms with Crippen LogP contribution in [0.4, 0.5) is 11.5 Å². The number of nitrogen functional groups attached to an aromatic ring is 1. The van der Waals surface area contributed by atoms with Gasteiger partial charge in [0.1, 0.15) is 17.9 Å². The van der Waals surface area contributed by atoms with E-state index in [2.05, 4.69) is 23.8 Å². The highest BCUT2D eigenvalue weighted by Crippen LogP contribution is 2.48. The largest absolute Gasteiger partial charge is 0.506 e. The van der Waals surface area contributed by atoms with Gasteiger partial charge in [0, 0.05) is 24.7 Å². The molecule has 0 unspecified atom stereocenters. The number of benzene rings is 1. The van der Waals surface area contributed by atoms with Crippen LogP contribution in [0.5, 0.6) is 5.75 Å². The zero-order valence-electron chi connectivity index (χ0n) is 14.6. The predicted octanol–water partition coefficient (Wildman–Crippen LogP) is 2.18. The van der Waals surface area contributed by atoms with E-state index in [1.165, 1.54) is 6.33 Å². The molecular weight excluding hydrogens is 320 g/mol. The van der Waals surface area contributed by atoms with Gasteiger partial charge in [-0.1, -0.05) is 13.8 Å². The van der Waals surface area contributed by atoms with Gasteiger partial charge >= 0.3 is 5.97 Å². The summed E-state index contributed by atoms with van der Waals surface area (Å²) in [5.74, 6) is -0.273. The Morgan fingerprint density at radius 3 is 2.76 bits per heavy atom. The number of nitrogens with two attached hydrogens (primary N) is 1. The number of carboxylic acid groups (broad SMARTS) is 1. The molecule has 1 aliphatic rings.